The van der Waals surface area contributed by atoms with E-state index in [0.717, 1.165) is 24.3 Å². The number of methoxy groups -OCH3 is 1. The van der Waals surface area contributed by atoms with Gasteiger partial charge in [0.05, 0.1) is 29.7 Å². The molecule has 1 aliphatic heterocycles. The van der Waals surface area contributed by atoms with Crippen molar-refractivity contribution in [3.8, 4) is 23.1 Å². The Bertz CT molecular complexity index is 1320. The molecule has 4 heterocycles. The fourth-order valence-corrected chi connectivity index (χ4v) is 3.95. The Morgan fingerprint density at radius 2 is 2.16 bits per heavy atom. The van der Waals surface area contributed by atoms with E-state index < -0.39 is 0 Å². The molecule has 0 unspecified atom stereocenters. The van der Waals surface area contributed by atoms with Gasteiger partial charge in [0.1, 0.15) is 24.4 Å². The number of anilines is 1. The van der Waals surface area contributed by atoms with Gasteiger partial charge in [0.15, 0.2) is 11.6 Å². The fraction of sp³-hybridized carbons (Fsp3) is 0.364. The van der Waals surface area contributed by atoms with Gasteiger partial charge < -0.3 is 18.9 Å². The lowest BCUT2D eigenvalue weighted by Gasteiger charge is -2.31. The molecule has 1 aromatic carbocycles. The highest BCUT2D eigenvalue weighted by atomic mass is 16.5. The van der Waals surface area contributed by atoms with Crippen molar-refractivity contribution in [2.75, 3.05) is 38.3 Å². The third kappa shape index (κ3) is 3.42. The first-order valence-corrected chi connectivity index (χ1v) is 10.6. The number of pyridine rings is 1. The van der Waals surface area contributed by atoms with Crippen molar-refractivity contribution in [2.24, 2.45) is 0 Å². The summed E-state index contributed by atoms with van der Waals surface area (Å²) >= 11 is 0. The summed E-state index contributed by atoms with van der Waals surface area (Å²) in [7, 11) is 1.69. The normalized spacial score (nSPS) is 13.6. The number of fused-ring (bicyclic) bond motifs is 2. The topological polar surface area (TPSA) is 103 Å². The van der Waals surface area contributed by atoms with Gasteiger partial charge in [-0.15, -0.1) is 10.2 Å². The van der Waals surface area contributed by atoms with E-state index >= 15 is 0 Å². The summed E-state index contributed by atoms with van der Waals surface area (Å²) in [6, 6.07) is 9.45. The smallest absolute Gasteiger partial charge is 0.280 e. The van der Waals surface area contributed by atoms with Crippen LogP contribution in [0.25, 0.3) is 28.2 Å². The molecule has 3 aromatic heterocycles. The van der Waals surface area contributed by atoms with Crippen molar-refractivity contribution >= 4 is 16.6 Å². The minimum atomic E-state index is -0.185. The van der Waals surface area contributed by atoms with E-state index in [4.69, 9.17) is 9.47 Å². The molecule has 1 N–H and O–H groups in total. The first kappa shape index (κ1) is 20.3. The SMILES string of the molecule is COCCN1CCOc2cc3c(=O)n(-c4cccc(-c5nncn5C(C)C)n4)[nH]c3cc21. The average molecular weight is 435 g/mol. The molecule has 0 amide bonds. The van der Waals surface area contributed by atoms with Crippen LogP contribution in [0.2, 0.25) is 0 Å². The number of H-pyrrole nitrogens is 1. The molecule has 0 bridgehead atoms. The van der Waals surface area contributed by atoms with Crippen LogP contribution in [0, 0.1) is 0 Å². The Labute approximate surface area is 184 Å². The molecule has 166 valence electrons. The van der Waals surface area contributed by atoms with Crippen molar-refractivity contribution in [1.82, 2.24) is 29.5 Å². The summed E-state index contributed by atoms with van der Waals surface area (Å²) in [5.74, 6) is 1.84. The summed E-state index contributed by atoms with van der Waals surface area (Å²) in [5, 5.41) is 12.0. The lowest BCUT2D eigenvalue weighted by atomic mass is 10.2. The van der Waals surface area contributed by atoms with E-state index in [-0.39, 0.29) is 11.6 Å². The van der Waals surface area contributed by atoms with Gasteiger partial charge in [-0.1, -0.05) is 6.07 Å². The first-order chi connectivity index (χ1) is 15.6. The highest BCUT2D eigenvalue weighted by Gasteiger charge is 2.21. The third-order valence-corrected chi connectivity index (χ3v) is 5.61. The second kappa shape index (κ2) is 8.12. The molecule has 0 saturated carbocycles. The maximum Gasteiger partial charge on any atom is 0.280 e. The maximum absolute atomic E-state index is 13.2. The van der Waals surface area contributed by atoms with Crippen LogP contribution in [-0.4, -0.2) is 62.9 Å². The van der Waals surface area contributed by atoms with Crippen LogP contribution in [0.5, 0.6) is 5.75 Å². The number of nitrogens with one attached hydrogen (secondary N) is 1. The number of hydrogen-bond acceptors (Lipinski definition) is 7. The predicted molar refractivity (Wildman–Crippen MR) is 121 cm³/mol. The molecule has 0 fully saturated rings. The number of aromatic nitrogens is 6. The lowest BCUT2D eigenvalue weighted by molar-refractivity contribution is 0.201. The molecule has 10 heteroatoms. The number of nitrogens with zero attached hydrogens (tertiary/aromatic N) is 6. The van der Waals surface area contributed by atoms with Crippen LogP contribution in [-0.2, 0) is 4.74 Å². The van der Waals surface area contributed by atoms with E-state index in [1.807, 2.05) is 22.8 Å². The molecule has 0 atom stereocenters. The summed E-state index contributed by atoms with van der Waals surface area (Å²) in [6.45, 7) is 6.82. The van der Waals surface area contributed by atoms with Crippen molar-refractivity contribution in [3.63, 3.8) is 0 Å². The Morgan fingerprint density at radius 1 is 1.28 bits per heavy atom. The van der Waals surface area contributed by atoms with Crippen molar-refractivity contribution in [2.45, 2.75) is 19.9 Å². The molecule has 0 radical (unpaired) electrons. The van der Waals surface area contributed by atoms with Crippen LogP contribution >= 0.6 is 0 Å². The second-order valence-corrected chi connectivity index (χ2v) is 7.98. The van der Waals surface area contributed by atoms with Gasteiger partial charge in [-0.2, -0.15) is 0 Å². The molecular weight excluding hydrogens is 410 g/mol. The van der Waals surface area contributed by atoms with Gasteiger partial charge in [-0.05, 0) is 38.1 Å². The number of ether oxygens (including phenoxy) is 2. The largest absolute Gasteiger partial charge is 0.490 e. The van der Waals surface area contributed by atoms with E-state index in [0.29, 0.717) is 41.7 Å². The number of hydrogen-bond donors (Lipinski definition) is 1. The van der Waals surface area contributed by atoms with Crippen molar-refractivity contribution < 1.29 is 9.47 Å². The van der Waals surface area contributed by atoms with Crippen LogP contribution in [0.15, 0.2) is 41.5 Å². The van der Waals surface area contributed by atoms with E-state index in [2.05, 4.69) is 39.0 Å². The van der Waals surface area contributed by atoms with Gasteiger partial charge in [-0.3, -0.25) is 9.89 Å². The lowest BCUT2D eigenvalue weighted by Crippen LogP contribution is -2.35. The molecule has 1 aliphatic rings. The standard InChI is InChI=1S/C22H25N7O3/c1-14(2)28-13-23-25-21(28)16-5-4-6-20(24-16)29-22(30)15-11-19-18(12-17(15)26-29)27(7-9-31-3)8-10-32-19/h4-6,11-14,26H,7-10H2,1-3H3. The Kier molecular flexibility index (Phi) is 5.14. The predicted octanol–water partition coefficient (Wildman–Crippen LogP) is 2.40. The molecule has 0 aliphatic carbocycles. The zero-order valence-electron chi connectivity index (χ0n) is 18.3. The second-order valence-electron chi connectivity index (χ2n) is 7.98. The number of rotatable bonds is 6. The quantitative estimate of drug-likeness (QED) is 0.496. The van der Waals surface area contributed by atoms with E-state index in [1.165, 1.54) is 4.68 Å². The van der Waals surface area contributed by atoms with Gasteiger partial charge in [-0.25, -0.2) is 9.67 Å². The summed E-state index contributed by atoms with van der Waals surface area (Å²) in [4.78, 5) is 20.1. The van der Waals surface area contributed by atoms with Crippen LogP contribution in [0.3, 0.4) is 0 Å². The minimum absolute atomic E-state index is 0.185. The molecule has 0 saturated heterocycles. The Morgan fingerprint density at radius 3 is 2.97 bits per heavy atom. The van der Waals surface area contributed by atoms with Gasteiger partial charge in [0, 0.05) is 19.7 Å². The zero-order chi connectivity index (χ0) is 22.2. The molecule has 4 aromatic rings. The first-order valence-electron chi connectivity index (χ1n) is 10.6. The molecular formula is C22H25N7O3. The van der Waals surface area contributed by atoms with Crippen LogP contribution < -0.4 is 15.2 Å². The maximum atomic E-state index is 13.2. The van der Waals surface area contributed by atoms with Gasteiger partial charge in [0.2, 0.25) is 0 Å². The third-order valence-electron chi connectivity index (χ3n) is 5.61. The fourth-order valence-electron chi connectivity index (χ4n) is 3.95. The van der Waals surface area contributed by atoms with E-state index in [9.17, 15) is 4.79 Å². The summed E-state index contributed by atoms with van der Waals surface area (Å²) < 4.78 is 14.5. The van der Waals surface area contributed by atoms with Crippen LogP contribution in [0.1, 0.15) is 19.9 Å². The average Bonchev–Trinajstić information content (AvgIpc) is 3.42. The minimum Gasteiger partial charge on any atom is -0.490 e. The van der Waals surface area contributed by atoms with Crippen LogP contribution in [0.4, 0.5) is 5.69 Å². The Hall–Kier alpha value is -3.66. The summed E-state index contributed by atoms with van der Waals surface area (Å²) in [6.07, 6.45) is 1.68. The van der Waals surface area contributed by atoms with Gasteiger partial charge in [0.25, 0.3) is 5.56 Å². The number of benzene rings is 1. The highest BCUT2D eigenvalue weighted by molar-refractivity contribution is 5.86. The van der Waals surface area contributed by atoms with E-state index in [1.54, 1.807) is 25.6 Å². The van der Waals surface area contributed by atoms with Gasteiger partial charge >= 0.3 is 0 Å². The molecule has 32 heavy (non-hydrogen) atoms. The monoisotopic (exact) mass is 435 g/mol. The zero-order valence-corrected chi connectivity index (χ0v) is 18.3. The molecule has 0 spiro atoms. The molecule has 10 nitrogen and oxygen atoms in total. The summed E-state index contributed by atoms with van der Waals surface area (Å²) in [5.41, 5.74) is 2.13. The number of aromatic amines is 1. The Balaban J connectivity index is 1.58. The molecule has 5 rings (SSSR count). The highest BCUT2D eigenvalue weighted by Crippen LogP contribution is 2.34. The van der Waals surface area contributed by atoms with Crippen molar-refractivity contribution in [1.29, 1.82) is 0 Å². The van der Waals surface area contributed by atoms with Crippen molar-refractivity contribution in [3.05, 3.63) is 47.0 Å².